The van der Waals surface area contributed by atoms with E-state index in [-0.39, 0.29) is 28.9 Å². The molecule has 18 heavy (non-hydrogen) atoms. The molecule has 0 aliphatic heterocycles. The van der Waals surface area contributed by atoms with Crippen molar-refractivity contribution in [1.82, 2.24) is 10.2 Å². The lowest BCUT2D eigenvalue weighted by atomic mass is 9.87. The lowest BCUT2D eigenvalue weighted by Gasteiger charge is -2.22. The molecule has 1 heterocycles. The summed E-state index contributed by atoms with van der Waals surface area (Å²) in [5, 5.41) is 10.3. The zero-order valence-electron chi connectivity index (χ0n) is 10.9. The number of nitrogens with zero attached hydrogens (tertiary/aromatic N) is 2. The Morgan fingerprint density at radius 1 is 1.44 bits per heavy atom. The van der Waals surface area contributed by atoms with Gasteiger partial charge in [0.05, 0.1) is 0 Å². The van der Waals surface area contributed by atoms with Crippen LogP contribution in [-0.4, -0.2) is 22.1 Å². The van der Waals surface area contributed by atoms with Crippen molar-refractivity contribution in [3.63, 3.8) is 0 Å². The van der Waals surface area contributed by atoms with Crippen LogP contribution in [0.5, 0.6) is 0 Å². The van der Waals surface area contributed by atoms with Crippen molar-refractivity contribution in [2.24, 2.45) is 11.1 Å². The van der Waals surface area contributed by atoms with Gasteiger partial charge >= 0.3 is 0 Å². The summed E-state index contributed by atoms with van der Waals surface area (Å²) in [6.07, 6.45) is 1.05. The number of hydrogen-bond acceptors (Lipinski definition) is 4. The molecule has 0 aliphatic rings. The molecule has 1 aromatic rings. The largest absolute Gasteiger partial charge is 0.327 e. The van der Waals surface area contributed by atoms with E-state index in [1.165, 1.54) is 0 Å². The minimum Gasteiger partial charge on any atom is -0.327 e. The third-order valence-corrected chi connectivity index (χ3v) is 2.42. The first-order valence-corrected chi connectivity index (χ1v) is 6.19. The quantitative estimate of drug-likeness (QED) is 0.879. The molecule has 0 aliphatic carbocycles. The molecule has 1 atom stereocenters. The molecule has 3 N–H and O–H groups in total. The molecular formula is C12H19ClN4O. The lowest BCUT2D eigenvalue weighted by molar-refractivity contribution is -0.116. The van der Waals surface area contributed by atoms with Crippen molar-refractivity contribution < 1.29 is 4.79 Å². The van der Waals surface area contributed by atoms with Crippen LogP contribution in [0.25, 0.3) is 0 Å². The summed E-state index contributed by atoms with van der Waals surface area (Å²) in [6.45, 7) is 6.28. The second kappa shape index (κ2) is 6.11. The predicted molar refractivity (Wildman–Crippen MR) is 72.3 cm³/mol. The molecule has 1 aromatic heterocycles. The van der Waals surface area contributed by atoms with E-state index in [1.54, 1.807) is 12.1 Å². The number of amides is 1. The molecule has 0 bridgehead atoms. The highest BCUT2D eigenvalue weighted by Gasteiger charge is 2.18. The van der Waals surface area contributed by atoms with Crippen molar-refractivity contribution in [3.8, 4) is 0 Å². The molecule has 1 rings (SSSR count). The number of aromatic nitrogens is 2. The number of nitrogens with two attached hydrogens (primary N) is 1. The van der Waals surface area contributed by atoms with Crippen molar-refractivity contribution in [2.75, 3.05) is 5.32 Å². The topological polar surface area (TPSA) is 80.9 Å². The van der Waals surface area contributed by atoms with Crippen LogP contribution in [0.2, 0.25) is 5.15 Å². The molecule has 1 unspecified atom stereocenters. The fourth-order valence-electron chi connectivity index (χ4n) is 1.67. The average Bonchev–Trinajstić information content (AvgIpc) is 2.18. The number of nitrogens with one attached hydrogen (secondary N) is 1. The standard InChI is InChI=1S/C12H19ClN4O/c1-12(2,3)7-8(14)6-11(18)15-10-5-4-9(13)16-17-10/h4-5,8H,6-7,14H2,1-3H3,(H,15,17,18). The maximum Gasteiger partial charge on any atom is 0.227 e. The van der Waals surface area contributed by atoms with Gasteiger partial charge in [-0.05, 0) is 24.0 Å². The summed E-state index contributed by atoms with van der Waals surface area (Å²) < 4.78 is 0. The van der Waals surface area contributed by atoms with Gasteiger partial charge in [0, 0.05) is 12.5 Å². The van der Waals surface area contributed by atoms with Gasteiger partial charge in [-0.25, -0.2) is 0 Å². The van der Waals surface area contributed by atoms with E-state index in [4.69, 9.17) is 17.3 Å². The van der Waals surface area contributed by atoms with Crippen LogP contribution in [0.3, 0.4) is 0 Å². The first-order valence-electron chi connectivity index (χ1n) is 5.81. The van der Waals surface area contributed by atoms with Crippen molar-refractivity contribution in [1.29, 1.82) is 0 Å². The normalized spacial score (nSPS) is 13.2. The van der Waals surface area contributed by atoms with E-state index in [0.717, 1.165) is 6.42 Å². The fourth-order valence-corrected chi connectivity index (χ4v) is 1.77. The zero-order chi connectivity index (χ0) is 13.8. The highest BCUT2D eigenvalue weighted by atomic mass is 35.5. The summed E-state index contributed by atoms with van der Waals surface area (Å²) in [5.74, 6) is 0.218. The summed E-state index contributed by atoms with van der Waals surface area (Å²) in [7, 11) is 0. The van der Waals surface area contributed by atoms with E-state index >= 15 is 0 Å². The van der Waals surface area contributed by atoms with Gasteiger partial charge in [0.1, 0.15) is 0 Å². The summed E-state index contributed by atoms with van der Waals surface area (Å²) >= 11 is 5.60. The van der Waals surface area contributed by atoms with Gasteiger partial charge < -0.3 is 11.1 Å². The zero-order valence-corrected chi connectivity index (χ0v) is 11.7. The van der Waals surface area contributed by atoms with Gasteiger partial charge in [0.25, 0.3) is 0 Å². The van der Waals surface area contributed by atoms with Crippen LogP contribution in [0.1, 0.15) is 33.6 Å². The Hall–Kier alpha value is -1.20. The number of carbonyl (C=O) groups excluding carboxylic acids is 1. The van der Waals surface area contributed by atoms with Crippen molar-refractivity contribution in [2.45, 2.75) is 39.7 Å². The van der Waals surface area contributed by atoms with E-state index in [9.17, 15) is 4.79 Å². The molecule has 100 valence electrons. The maximum absolute atomic E-state index is 11.7. The Balaban J connectivity index is 2.44. The van der Waals surface area contributed by atoms with Crippen LogP contribution in [0.15, 0.2) is 12.1 Å². The molecule has 0 saturated carbocycles. The molecule has 0 saturated heterocycles. The Kier molecular flexibility index (Phi) is 5.04. The minimum atomic E-state index is -0.164. The summed E-state index contributed by atoms with van der Waals surface area (Å²) in [4.78, 5) is 11.7. The highest BCUT2D eigenvalue weighted by molar-refractivity contribution is 6.29. The Labute approximate surface area is 112 Å². The van der Waals surface area contributed by atoms with Crippen LogP contribution in [0.4, 0.5) is 5.82 Å². The van der Waals surface area contributed by atoms with Gasteiger partial charge in [0.15, 0.2) is 11.0 Å². The van der Waals surface area contributed by atoms with E-state index in [2.05, 4.69) is 36.3 Å². The number of halogens is 1. The molecule has 0 fully saturated rings. The Bertz CT molecular complexity index is 400. The molecule has 5 nitrogen and oxygen atoms in total. The Morgan fingerprint density at radius 3 is 2.61 bits per heavy atom. The smallest absolute Gasteiger partial charge is 0.227 e. The molecule has 1 amide bonds. The van der Waals surface area contributed by atoms with E-state index in [0.29, 0.717) is 5.82 Å². The molecular weight excluding hydrogens is 252 g/mol. The molecule has 0 aromatic carbocycles. The highest BCUT2D eigenvalue weighted by Crippen LogP contribution is 2.21. The average molecular weight is 271 g/mol. The van der Waals surface area contributed by atoms with Gasteiger partial charge in [-0.15, -0.1) is 10.2 Å². The van der Waals surface area contributed by atoms with Gasteiger partial charge in [-0.3, -0.25) is 4.79 Å². The second-order valence-electron chi connectivity index (χ2n) is 5.52. The van der Waals surface area contributed by atoms with Gasteiger partial charge in [-0.2, -0.15) is 0 Å². The van der Waals surface area contributed by atoms with Crippen LogP contribution in [-0.2, 0) is 4.79 Å². The third kappa shape index (κ3) is 5.93. The predicted octanol–water partition coefficient (Wildman–Crippen LogP) is 2.22. The fraction of sp³-hybridized carbons (Fsp3) is 0.583. The summed E-state index contributed by atoms with van der Waals surface area (Å²) in [6, 6.07) is 3.01. The molecule has 0 radical (unpaired) electrons. The first kappa shape index (κ1) is 14.9. The minimum absolute atomic E-state index is 0.111. The SMILES string of the molecule is CC(C)(C)CC(N)CC(=O)Nc1ccc(Cl)nn1. The van der Waals surface area contributed by atoms with Crippen LogP contribution in [0, 0.1) is 5.41 Å². The van der Waals surface area contributed by atoms with Crippen LogP contribution < -0.4 is 11.1 Å². The number of rotatable bonds is 4. The Morgan fingerprint density at radius 2 is 2.11 bits per heavy atom. The second-order valence-corrected chi connectivity index (χ2v) is 5.91. The van der Waals surface area contributed by atoms with Crippen LogP contribution >= 0.6 is 11.6 Å². The maximum atomic E-state index is 11.7. The van der Waals surface area contributed by atoms with Gasteiger partial charge in [-0.1, -0.05) is 32.4 Å². The third-order valence-electron chi connectivity index (χ3n) is 2.22. The summed E-state index contributed by atoms with van der Waals surface area (Å²) in [5.41, 5.74) is 6.03. The number of hydrogen-bond donors (Lipinski definition) is 2. The van der Waals surface area contributed by atoms with E-state index in [1.807, 2.05) is 0 Å². The first-order chi connectivity index (χ1) is 8.26. The molecule has 6 heteroatoms. The van der Waals surface area contributed by atoms with Crippen molar-refractivity contribution in [3.05, 3.63) is 17.3 Å². The number of anilines is 1. The van der Waals surface area contributed by atoms with Crippen molar-refractivity contribution >= 4 is 23.3 Å². The number of carbonyl (C=O) groups is 1. The van der Waals surface area contributed by atoms with Gasteiger partial charge in [0.2, 0.25) is 5.91 Å². The molecule has 0 spiro atoms. The monoisotopic (exact) mass is 270 g/mol. The lowest BCUT2D eigenvalue weighted by Crippen LogP contribution is -2.31. The van der Waals surface area contributed by atoms with E-state index < -0.39 is 0 Å².